The Labute approximate surface area is 111 Å². The van der Waals surface area contributed by atoms with Crippen molar-refractivity contribution in [3.8, 4) is 0 Å². The second-order valence-corrected chi connectivity index (χ2v) is 5.87. The lowest BCUT2D eigenvalue weighted by atomic mass is 10.3. The van der Waals surface area contributed by atoms with Gasteiger partial charge in [-0.15, -0.1) is 10.2 Å². The Morgan fingerprint density at radius 3 is 2.79 bits per heavy atom. The smallest absolute Gasteiger partial charge is 0.258 e. The Morgan fingerprint density at radius 2 is 2.26 bits per heavy atom. The van der Waals surface area contributed by atoms with Gasteiger partial charge in [0.25, 0.3) is 10.0 Å². The molecule has 1 unspecified atom stereocenters. The molecule has 0 aliphatic heterocycles. The van der Waals surface area contributed by atoms with E-state index in [0.29, 0.717) is 18.1 Å². The molecule has 8 nitrogen and oxygen atoms in total. The lowest BCUT2D eigenvalue weighted by Crippen LogP contribution is -2.28. The van der Waals surface area contributed by atoms with Gasteiger partial charge in [0.2, 0.25) is 0 Å². The monoisotopic (exact) mass is 284 g/mol. The summed E-state index contributed by atoms with van der Waals surface area (Å²) in [5.41, 5.74) is 0. The van der Waals surface area contributed by atoms with Crippen molar-refractivity contribution in [1.29, 1.82) is 0 Å². The van der Waals surface area contributed by atoms with Crippen molar-refractivity contribution in [1.82, 2.24) is 29.5 Å². The molecule has 0 aromatic carbocycles. The molecule has 2 aromatic rings. The van der Waals surface area contributed by atoms with Crippen LogP contribution in [0.5, 0.6) is 0 Å². The largest absolute Gasteiger partial charge is 0.332 e. The van der Waals surface area contributed by atoms with Crippen LogP contribution in [-0.2, 0) is 23.5 Å². The number of aromatic amines is 1. The Kier molecular flexibility index (Phi) is 3.67. The highest BCUT2D eigenvalue weighted by Gasteiger charge is 2.22. The zero-order chi connectivity index (χ0) is 14.0. The summed E-state index contributed by atoms with van der Waals surface area (Å²) in [5, 5.41) is 7.65. The first kappa shape index (κ1) is 13.7. The fourth-order valence-corrected chi connectivity index (χ4v) is 2.83. The average molecular weight is 284 g/mol. The minimum atomic E-state index is -3.64. The molecule has 0 fully saturated rings. The van der Waals surface area contributed by atoms with Gasteiger partial charge in [0.15, 0.2) is 5.03 Å². The second kappa shape index (κ2) is 5.10. The first-order chi connectivity index (χ1) is 8.94. The van der Waals surface area contributed by atoms with Gasteiger partial charge in [-0.3, -0.25) is 0 Å². The van der Waals surface area contributed by atoms with Crippen molar-refractivity contribution in [2.45, 2.75) is 31.3 Å². The van der Waals surface area contributed by atoms with Crippen LogP contribution in [0.25, 0.3) is 0 Å². The molecule has 0 aliphatic rings. The Bertz CT molecular complexity index is 659. The van der Waals surface area contributed by atoms with E-state index in [0.717, 1.165) is 0 Å². The summed E-state index contributed by atoms with van der Waals surface area (Å²) < 4.78 is 28.5. The SMILES string of the molecule is CCc1ncc(S(=O)(=O)NC(C)c2nncn2C)[nH]1. The second-order valence-electron chi connectivity index (χ2n) is 4.19. The van der Waals surface area contributed by atoms with Crippen LogP contribution < -0.4 is 4.72 Å². The van der Waals surface area contributed by atoms with Gasteiger partial charge in [0.1, 0.15) is 18.0 Å². The van der Waals surface area contributed by atoms with Crippen LogP contribution in [0.4, 0.5) is 0 Å². The highest BCUT2D eigenvalue weighted by atomic mass is 32.2. The molecule has 1 atom stereocenters. The lowest BCUT2D eigenvalue weighted by molar-refractivity contribution is 0.550. The summed E-state index contributed by atoms with van der Waals surface area (Å²) in [7, 11) is -1.89. The first-order valence-electron chi connectivity index (χ1n) is 5.84. The molecule has 0 spiro atoms. The van der Waals surface area contributed by atoms with Crippen LogP contribution in [0.3, 0.4) is 0 Å². The molecule has 2 heterocycles. The third kappa shape index (κ3) is 2.82. The molecule has 0 saturated heterocycles. The van der Waals surface area contributed by atoms with E-state index in [4.69, 9.17) is 0 Å². The summed E-state index contributed by atoms with van der Waals surface area (Å²) in [6, 6.07) is -0.481. The van der Waals surface area contributed by atoms with Crippen molar-refractivity contribution < 1.29 is 8.42 Å². The van der Waals surface area contributed by atoms with E-state index < -0.39 is 16.1 Å². The molecule has 0 bridgehead atoms. The molecule has 0 radical (unpaired) electrons. The third-order valence-electron chi connectivity index (χ3n) is 2.70. The van der Waals surface area contributed by atoms with Crippen LogP contribution in [-0.4, -0.2) is 33.2 Å². The lowest BCUT2D eigenvalue weighted by Gasteiger charge is -2.12. The maximum Gasteiger partial charge on any atom is 0.258 e. The molecular formula is C10H16N6O2S. The highest BCUT2D eigenvalue weighted by molar-refractivity contribution is 7.89. The summed E-state index contributed by atoms with van der Waals surface area (Å²) in [5.74, 6) is 1.17. The molecule has 9 heteroatoms. The zero-order valence-electron chi connectivity index (χ0n) is 11.0. The molecular weight excluding hydrogens is 268 g/mol. The topological polar surface area (TPSA) is 106 Å². The van der Waals surface area contributed by atoms with Gasteiger partial charge < -0.3 is 9.55 Å². The minimum absolute atomic E-state index is 0.0540. The number of rotatable bonds is 5. The average Bonchev–Trinajstić information content (AvgIpc) is 2.96. The Hall–Kier alpha value is -1.74. The summed E-state index contributed by atoms with van der Waals surface area (Å²) in [4.78, 5) is 6.74. The van der Waals surface area contributed by atoms with Crippen LogP contribution in [0.2, 0.25) is 0 Å². The molecule has 0 saturated carbocycles. The molecule has 0 amide bonds. The van der Waals surface area contributed by atoms with Crippen molar-refractivity contribution in [3.05, 3.63) is 24.2 Å². The number of hydrogen-bond acceptors (Lipinski definition) is 5. The van der Waals surface area contributed by atoms with Crippen LogP contribution in [0.1, 0.15) is 31.5 Å². The first-order valence-corrected chi connectivity index (χ1v) is 7.32. The third-order valence-corrected chi connectivity index (χ3v) is 4.15. The van der Waals surface area contributed by atoms with Gasteiger partial charge in [-0.25, -0.2) is 13.4 Å². The van der Waals surface area contributed by atoms with Gasteiger partial charge >= 0.3 is 0 Å². The number of nitrogens with one attached hydrogen (secondary N) is 2. The highest BCUT2D eigenvalue weighted by Crippen LogP contribution is 2.13. The number of H-pyrrole nitrogens is 1. The zero-order valence-corrected chi connectivity index (χ0v) is 11.8. The predicted octanol–water partition coefficient (Wildman–Crippen LogP) is 0.140. The normalized spacial score (nSPS) is 13.6. The fourth-order valence-electron chi connectivity index (χ4n) is 1.69. The van der Waals surface area contributed by atoms with Crippen LogP contribution in [0, 0.1) is 0 Å². The molecule has 2 N–H and O–H groups in total. The molecule has 0 aliphatic carbocycles. The minimum Gasteiger partial charge on any atom is -0.332 e. The summed E-state index contributed by atoms with van der Waals surface area (Å²) >= 11 is 0. The van der Waals surface area contributed by atoms with E-state index in [1.165, 1.54) is 12.5 Å². The van der Waals surface area contributed by atoms with E-state index in [1.54, 1.807) is 18.5 Å². The molecule has 104 valence electrons. The van der Waals surface area contributed by atoms with E-state index in [2.05, 4.69) is 24.9 Å². The van der Waals surface area contributed by atoms with E-state index >= 15 is 0 Å². The number of aryl methyl sites for hydroxylation is 2. The summed E-state index contributed by atoms with van der Waals surface area (Å²) in [6.07, 6.45) is 3.48. The Morgan fingerprint density at radius 1 is 1.53 bits per heavy atom. The number of sulfonamides is 1. The number of hydrogen-bond donors (Lipinski definition) is 2. The van der Waals surface area contributed by atoms with Crippen molar-refractivity contribution in [3.63, 3.8) is 0 Å². The number of aromatic nitrogens is 5. The molecule has 2 aromatic heterocycles. The molecule has 19 heavy (non-hydrogen) atoms. The van der Waals surface area contributed by atoms with Gasteiger partial charge in [0.05, 0.1) is 12.2 Å². The van der Waals surface area contributed by atoms with Gasteiger partial charge in [0, 0.05) is 13.5 Å². The van der Waals surface area contributed by atoms with Crippen molar-refractivity contribution in [2.24, 2.45) is 7.05 Å². The standard InChI is InChI=1S/C10H16N6O2S/c1-4-8-11-5-9(13-8)19(17,18)15-7(2)10-14-12-6-16(10)3/h5-7,15H,4H2,1-3H3,(H,11,13). The Balaban J connectivity index is 2.20. The van der Waals surface area contributed by atoms with Crippen LogP contribution >= 0.6 is 0 Å². The van der Waals surface area contributed by atoms with Crippen LogP contribution in [0.15, 0.2) is 17.6 Å². The maximum absolute atomic E-state index is 12.1. The summed E-state index contributed by atoms with van der Waals surface area (Å²) in [6.45, 7) is 3.60. The van der Waals surface area contributed by atoms with Gasteiger partial charge in [-0.1, -0.05) is 6.92 Å². The van der Waals surface area contributed by atoms with E-state index in [1.807, 2.05) is 6.92 Å². The number of nitrogens with zero attached hydrogens (tertiary/aromatic N) is 4. The van der Waals surface area contributed by atoms with Gasteiger partial charge in [-0.05, 0) is 6.92 Å². The number of imidazole rings is 1. The van der Waals surface area contributed by atoms with Crippen molar-refractivity contribution >= 4 is 10.0 Å². The predicted molar refractivity (Wildman–Crippen MR) is 67.7 cm³/mol. The fraction of sp³-hybridized carbons (Fsp3) is 0.500. The molecule has 2 rings (SSSR count). The van der Waals surface area contributed by atoms with Crippen molar-refractivity contribution in [2.75, 3.05) is 0 Å². The quantitative estimate of drug-likeness (QED) is 0.812. The van der Waals surface area contributed by atoms with E-state index in [-0.39, 0.29) is 5.03 Å². The maximum atomic E-state index is 12.1. The van der Waals surface area contributed by atoms with E-state index in [9.17, 15) is 8.42 Å². The van der Waals surface area contributed by atoms with Gasteiger partial charge in [-0.2, -0.15) is 4.72 Å².